The predicted octanol–water partition coefficient (Wildman–Crippen LogP) is 6.93. The third-order valence-electron chi connectivity index (χ3n) is 4.56. The maximum atomic E-state index is 13.6. The number of halogens is 4. The monoisotopic (exact) mass is 483 g/mol. The first kappa shape index (κ1) is 23.3. The number of hydrogen-bond acceptors (Lipinski definition) is 5. The van der Waals surface area contributed by atoms with Gasteiger partial charge in [-0.3, -0.25) is 4.98 Å². The topological polar surface area (TPSA) is 47.0 Å². The third-order valence-corrected chi connectivity index (χ3v) is 5.32. The van der Waals surface area contributed by atoms with Crippen LogP contribution in [-0.4, -0.2) is 16.6 Å². The number of pyridine rings is 1. The molecule has 1 N–H and O–H groups in total. The predicted molar refractivity (Wildman–Crippen MR) is 123 cm³/mol. The van der Waals surface area contributed by atoms with E-state index in [0.29, 0.717) is 16.4 Å². The van der Waals surface area contributed by atoms with Crippen LogP contribution in [0.2, 0.25) is 0 Å². The van der Waals surface area contributed by atoms with E-state index in [1.54, 1.807) is 23.8 Å². The van der Waals surface area contributed by atoms with E-state index < -0.39 is 11.7 Å². The molecule has 4 aromatic rings. The Bertz CT molecular complexity index is 1310. The van der Waals surface area contributed by atoms with E-state index in [1.165, 1.54) is 47.7 Å². The normalized spacial score (nSPS) is 10.9. The first-order valence-corrected chi connectivity index (χ1v) is 11.0. The van der Waals surface area contributed by atoms with Crippen LogP contribution in [0.4, 0.5) is 28.4 Å². The number of nitrogens with zero attached hydrogens (tertiary/aromatic N) is 2. The SMILES string of the molecule is Fc1ccc(C#CCCOc2ccc(Nc3nc(-c4cccnc4)cs3)cc2C(F)(F)F)cc1. The molecule has 2 aromatic heterocycles. The smallest absolute Gasteiger partial charge is 0.420 e. The van der Waals surface area contributed by atoms with Crippen molar-refractivity contribution in [2.45, 2.75) is 12.6 Å². The summed E-state index contributed by atoms with van der Waals surface area (Å²) in [4.78, 5) is 8.45. The average molecular weight is 483 g/mol. The zero-order valence-electron chi connectivity index (χ0n) is 17.6. The molecule has 172 valence electrons. The van der Waals surface area contributed by atoms with Crippen LogP contribution in [0.25, 0.3) is 11.3 Å². The van der Waals surface area contributed by atoms with Gasteiger partial charge in [0, 0.05) is 41.0 Å². The lowest BCUT2D eigenvalue weighted by molar-refractivity contribution is -0.138. The van der Waals surface area contributed by atoms with Crippen LogP contribution >= 0.6 is 11.3 Å². The lowest BCUT2D eigenvalue weighted by atomic mass is 10.1. The van der Waals surface area contributed by atoms with Crippen molar-refractivity contribution in [1.29, 1.82) is 0 Å². The van der Waals surface area contributed by atoms with E-state index in [4.69, 9.17) is 4.74 Å². The zero-order valence-corrected chi connectivity index (χ0v) is 18.4. The minimum atomic E-state index is -4.60. The van der Waals surface area contributed by atoms with Gasteiger partial charge in [0.25, 0.3) is 0 Å². The number of alkyl halides is 3. The maximum Gasteiger partial charge on any atom is 0.420 e. The molecule has 0 atom stereocenters. The number of hydrogen-bond donors (Lipinski definition) is 1. The minimum absolute atomic E-state index is 0.0228. The van der Waals surface area contributed by atoms with Crippen molar-refractivity contribution in [3.05, 3.63) is 89.3 Å². The van der Waals surface area contributed by atoms with E-state index in [9.17, 15) is 17.6 Å². The molecular weight excluding hydrogens is 466 g/mol. The molecular formula is C25H17F4N3OS. The van der Waals surface area contributed by atoms with Gasteiger partial charge in [0.2, 0.25) is 0 Å². The summed E-state index contributed by atoms with van der Waals surface area (Å²) in [5, 5.41) is 5.17. The minimum Gasteiger partial charge on any atom is -0.492 e. The summed E-state index contributed by atoms with van der Waals surface area (Å²) in [7, 11) is 0. The number of benzene rings is 2. The van der Waals surface area contributed by atoms with Gasteiger partial charge in [-0.2, -0.15) is 13.2 Å². The molecule has 0 aliphatic rings. The highest BCUT2D eigenvalue weighted by molar-refractivity contribution is 7.14. The van der Waals surface area contributed by atoms with Crippen molar-refractivity contribution in [3.63, 3.8) is 0 Å². The van der Waals surface area contributed by atoms with Gasteiger partial charge in [-0.15, -0.1) is 11.3 Å². The van der Waals surface area contributed by atoms with Crippen LogP contribution in [0.5, 0.6) is 5.75 Å². The van der Waals surface area contributed by atoms with Gasteiger partial charge in [-0.25, -0.2) is 9.37 Å². The molecule has 4 nitrogen and oxygen atoms in total. The Kier molecular flexibility index (Phi) is 7.09. The van der Waals surface area contributed by atoms with Crippen LogP contribution in [0.15, 0.2) is 72.4 Å². The molecule has 0 bridgehead atoms. The molecule has 2 heterocycles. The molecule has 9 heteroatoms. The number of anilines is 2. The summed E-state index contributed by atoms with van der Waals surface area (Å²) in [6, 6.07) is 13.0. The van der Waals surface area contributed by atoms with Gasteiger partial charge in [-0.05, 0) is 54.6 Å². The van der Waals surface area contributed by atoms with Crippen LogP contribution in [0.3, 0.4) is 0 Å². The van der Waals surface area contributed by atoms with Gasteiger partial charge in [0.1, 0.15) is 11.6 Å². The van der Waals surface area contributed by atoms with Crippen molar-refractivity contribution in [2.24, 2.45) is 0 Å². The Balaban J connectivity index is 1.42. The Labute approximate surface area is 197 Å². The van der Waals surface area contributed by atoms with Gasteiger partial charge in [-0.1, -0.05) is 11.8 Å². The summed E-state index contributed by atoms with van der Waals surface area (Å²) in [6.45, 7) is -0.0228. The second-order valence-corrected chi connectivity index (χ2v) is 7.88. The fourth-order valence-corrected chi connectivity index (χ4v) is 3.71. The first-order chi connectivity index (χ1) is 16.4. The highest BCUT2D eigenvalue weighted by atomic mass is 32.1. The number of thiazole rings is 1. The third kappa shape index (κ3) is 6.11. The summed E-state index contributed by atoms with van der Waals surface area (Å²) >= 11 is 1.28. The largest absolute Gasteiger partial charge is 0.492 e. The summed E-state index contributed by atoms with van der Waals surface area (Å²) in [6.07, 6.45) is -1.08. The molecule has 0 saturated carbocycles. The van der Waals surface area contributed by atoms with Gasteiger partial charge in [0.15, 0.2) is 5.13 Å². The summed E-state index contributed by atoms with van der Waals surface area (Å²) < 4.78 is 59.2. The molecule has 0 radical (unpaired) electrons. The number of nitrogens with one attached hydrogen (secondary N) is 1. The molecule has 0 aliphatic carbocycles. The number of ether oxygens (including phenoxy) is 1. The fourth-order valence-electron chi connectivity index (χ4n) is 2.97. The summed E-state index contributed by atoms with van der Waals surface area (Å²) in [5.74, 6) is 4.98. The quantitative estimate of drug-likeness (QED) is 0.184. The van der Waals surface area contributed by atoms with Gasteiger partial charge >= 0.3 is 6.18 Å². The molecule has 2 aromatic carbocycles. The van der Waals surface area contributed by atoms with E-state index >= 15 is 0 Å². The Morgan fingerprint density at radius 2 is 1.88 bits per heavy atom. The first-order valence-electron chi connectivity index (χ1n) is 10.1. The van der Waals surface area contributed by atoms with E-state index in [2.05, 4.69) is 27.1 Å². The van der Waals surface area contributed by atoms with Crippen molar-refractivity contribution in [3.8, 4) is 28.8 Å². The molecule has 0 fully saturated rings. The van der Waals surface area contributed by atoms with E-state index in [1.807, 2.05) is 6.07 Å². The van der Waals surface area contributed by atoms with Crippen LogP contribution in [0.1, 0.15) is 17.5 Å². The van der Waals surface area contributed by atoms with Gasteiger partial charge < -0.3 is 10.1 Å². The van der Waals surface area contributed by atoms with Gasteiger partial charge in [0.05, 0.1) is 17.9 Å². The molecule has 0 amide bonds. The van der Waals surface area contributed by atoms with Crippen LogP contribution < -0.4 is 10.1 Å². The standard InChI is InChI=1S/C25H17F4N3OS/c26-19-8-6-17(7-9-19)4-1-2-13-33-23-11-10-20(14-21(23)25(27,28)29)31-24-32-22(16-34-24)18-5-3-12-30-15-18/h3,5-12,14-16H,2,13H2,(H,31,32). The molecule has 0 saturated heterocycles. The Morgan fingerprint density at radius 1 is 1.06 bits per heavy atom. The van der Waals surface area contributed by atoms with Crippen LogP contribution in [-0.2, 0) is 6.18 Å². The van der Waals surface area contributed by atoms with Crippen molar-refractivity contribution in [1.82, 2.24) is 9.97 Å². The molecule has 0 spiro atoms. The second-order valence-electron chi connectivity index (χ2n) is 7.02. The molecule has 0 aliphatic heterocycles. The maximum absolute atomic E-state index is 13.6. The average Bonchev–Trinajstić information content (AvgIpc) is 3.29. The molecule has 34 heavy (non-hydrogen) atoms. The number of aromatic nitrogens is 2. The molecule has 4 rings (SSSR count). The highest BCUT2D eigenvalue weighted by Gasteiger charge is 2.34. The summed E-state index contributed by atoms with van der Waals surface area (Å²) in [5.41, 5.74) is 1.45. The van der Waals surface area contributed by atoms with Crippen molar-refractivity contribution >= 4 is 22.2 Å². The lowest BCUT2D eigenvalue weighted by Crippen LogP contribution is -2.10. The Hall–Kier alpha value is -3.90. The highest BCUT2D eigenvalue weighted by Crippen LogP contribution is 2.39. The zero-order chi connectivity index (χ0) is 24.0. The number of rotatable bonds is 6. The molecule has 0 unspecified atom stereocenters. The van der Waals surface area contributed by atoms with E-state index in [-0.39, 0.29) is 30.3 Å². The van der Waals surface area contributed by atoms with Crippen LogP contribution in [0, 0.1) is 17.7 Å². The van der Waals surface area contributed by atoms with Crippen molar-refractivity contribution < 1.29 is 22.3 Å². The Morgan fingerprint density at radius 3 is 2.62 bits per heavy atom. The lowest BCUT2D eigenvalue weighted by Gasteiger charge is -2.15. The fraction of sp³-hybridized carbons (Fsp3) is 0.120. The van der Waals surface area contributed by atoms with Crippen molar-refractivity contribution in [2.75, 3.05) is 11.9 Å². The second kappa shape index (κ2) is 10.4. The van der Waals surface area contributed by atoms with E-state index in [0.717, 1.165) is 11.6 Å².